The molecule has 1 aliphatic heterocycles. The van der Waals surface area contributed by atoms with E-state index < -0.39 is 24.0 Å². The Kier molecular flexibility index (Phi) is 7.35. The lowest BCUT2D eigenvalue weighted by molar-refractivity contribution is -0.134. The van der Waals surface area contributed by atoms with Gasteiger partial charge in [-0.3, -0.25) is 4.79 Å². The molecule has 8 heteroatoms. The van der Waals surface area contributed by atoms with E-state index in [9.17, 15) is 23.5 Å². The number of hydrogen-bond acceptors (Lipinski definition) is 4. The summed E-state index contributed by atoms with van der Waals surface area (Å²) in [5, 5.41) is 19.1. The van der Waals surface area contributed by atoms with E-state index in [1.54, 1.807) is 29.2 Å². The number of amides is 1. The van der Waals surface area contributed by atoms with E-state index in [1.165, 1.54) is 36.4 Å². The molecule has 1 fully saturated rings. The first-order valence-corrected chi connectivity index (χ1v) is 10.7. The van der Waals surface area contributed by atoms with Crippen LogP contribution in [0.15, 0.2) is 60.7 Å². The van der Waals surface area contributed by atoms with Gasteiger partial charge in [0, 0.05) is 23.4 Å². The highest BCUT2D eigenvalue weighted by Gasteiger charge is 2.39. The predicted molar refractivity (Wildman–Crippen MR) is 115 cm³/mol. The monoisotopic (exact) mass is 447 g/mol. The third kappa shape index (κ3) is 5.65. The Bertz CT molecular complexity index is 971. The Morgan fingerprint density at radius 3 is 2.68 bits per heavy atom. The number of rotatable bonds is 8. The maximum absolute atomic E-state index is 14.5. The summed E-state index contributed by atoms with van der Waals surface area (Å²) in [7, 11) is 0. The van der Waals surface area contributed by atoms with Gasteiger partial charge in [0.1, 0.15) is 11.0 Å². The van der Waals surface area contributed by atoms with Crippen LogP contribution in [0.5, 0.6) is 0 Å². The van der Waals surface area contributed by atoms with Crippen molar-refractivity contribution in [3.63, 3.8) is 0 Å². The van der Waals surface area contributed by atoms with Gasteiger partial charge >= 0.3 is 11.9 Å². The van der Waals surface area contributed by atoms with Gasteiger partial charge in [0.25, 0.3) is 0 Å². The zero-order chi connectivity index (χ0) is 22.4. The zero-order valence-corrected chi connectivity index (χ0v) is 17.5. The fourth-order valence-electron chi connectivity index (χ4n) is 3.41. The Morgan fingerprint density at radius 2 is 2.00 bits per heavy atom. The number of carboxylic acids is 1. The van der Waals surface area contributed by atoms with Crippen molar-refractivity contribution in [2.45, 2.75) is 37.3 Å². The van der Waals surface area contributed by atoms with Gasteiger partial charge < -0.3 is 15.1 Å². The van der Waals surface area contributed by atoms with Crippen LogP contribution in [0.25, 0.3) is 6.08 Å². The van der Waals surface area contributed by atoms with Gasteiger partial charge in [-0.05, 0) is 31.1 Å². The average Bonchev–Trinajstić information content (AvgIpc) is 3.23. The van der Waals surface area contributed by atoms with E-state index in [0.29, 0.717) is 19.3 Å². The Balaban J connectivity index is 1.67. The number of hydrogen-bond donors (Lipinski definition) is 2. The molecule has 0 radical (unpaired) electrons. The number of carbonyl (C=O) groups excluding carboxylic acids is 1. The number of thiophene rings is 1. The number of likely N-dealkylation sites (tertiary alicyclic amines) is 1. The molecular weight excluding hydrogens is 424 g/mol. The van der Waals surface area contributed by atoms with Crippen LogP contribution in [0, 0.1) is 0 Å². The fourth-order valence-corrected chi connectivity index (χ4v) is 4.19. The van der Waals surface area contributed by atoms with Gasteiger partial charge in [0.15, 0.2) is 0 Å². The summed E-state index contributed by atoms with van der Waals surface area (Å²) < 4.78 is 29.0. The van der Waals surface area contributed by atoms with Gasteiger partial charge in [-0.25, -0.2) is 4.79 Å². The number of piperidine rings is 1. The van der Waals surface area contributed by atoms with Gasteiger partial charge in [0.05, 0.1) is 6.04 Å². The Hall–Kier alpha value is -2.84. The molecule has 2 atom stereocenters. The molecule has 1 amide bonds. The number of carbonyl (C=O) groups is 2. The molecule has 1 aromatic heterocycles. The Labute approximate surface area is 182 Å². The summed E-state index contributed by atoms with van der Waals surface area (Å²) in [5.41, 5.74) is -0.275. The summed E-state index contributed by atoms with van der Waals surface area (Å²) in [5.74, 6) is -4.53. The maximum atomic E-state index is 14.5. The van der Waals surface area contributed by atoms with E-state index in [1.807, 2.05) is 0 Å². The van der Waals surface area contributed by atoms with Crippen molar-refractivity contribution < 1.29 is 28.6 Å². The molecular formula is C23H23F2NO4S. The van der Waals surface area contributed by atoms with E-state index in [2.05, 4.69) is 0 Å². The number of carboxylic acid groups (broad SMARTS) is 1. The number of aromatic carboxylic acids is 1. The molecule has 0 spiro atoms. The molecule has 5 nitrogen and oxygen atoms in total. The molecule has 0 bridgehead atoms. The van der Waals surface area contributed by atoms with Crippen LogP contribution in [0.2, 0.25) is 0 Å². The minimum absolute atomic E-state index is 0.0905. The smallest absolute Gasteiger partial charge is 0.345 e. The standard InChI is InChI=1S/C23H23F2NO4S/c24-23(25,16-6-2-1-3-7-16)20(27)14-11-17-8-4-10-21(28)26(17)15-5-9-18-12-13-19(31-18)22(29)30/h1-3,5-7,9,11-14,17,20,27H,4,8,10,15H2,(H,29,30)/t17-,20-/m1/s1. The second kappa shape index (κ2) is 9.98. The quantitative estimate of drug-likeness (QED) is 0.582. The SMILES string of the molecule is O=C(O)c1ccc(C=CCN2C(=O)CCC[C@@H]2C=C[C@@H](O)C(F)(F)c2ccccc2)s1. The normalized spacial score (nSPS) is 18.7. The molecule has 0 aliphatic carbocycles. The topological polar surface area (TPSA) is 77.8 Å². The van der Waals surface area contributed by atoms with E-state index in [4.69, 9.17) is 5.11 Å². The summed E-state index contributed by atoms with van der Waals surface area (Å²) in [6.45, 7) is 0.263. The second-order valence-electron chi connectivity index (χ2n) is 7.23. The fraction of sp³-hybridized carbons (Fsp3) is 0.304. The van der Waals surface area contributed by atoms with Gasteiger partial charge in [-0.15, -0.1) is 11.3 Å². The van der Waals surface area contributed by atoms with Gasteiger partial charge in [0.2, 0.25) is 5.91 Å². The Morgan fingerprint density at radius 1 is 1.26 bits per heavy atom. The number of benzene rings is 1. The van der Waals surface area contributed by atoms with Crippen LogP contribution in [-0.4, -0.2) is 45.7 Å². The molecule has 1 saturated heterocycles. The summed E-state index contributed by atoms with van der Waals surface area (Å²) in [4.78, 5) is 25.9. The van der Waals surface area contributed by atoms with Crippen molar-refractivity contribution in [1.82, 2.24) is 4.90 Å². The van der Waals surface area contributed by atoms with Crippen LogP contribution < -0.4 is 0 Å². The van der Waals surface area contributed by atoms with Crippen molar-refractivity contribution in [3.05, 3.63) is 76.0 Å². The van der Waals surface area contributed by atoms with Gasteiger partial charge in [-0.1, -0.05) is 48.6 Å². The number of halogens is 2. The van der Waals surface area contributed by atoms with Crippen molar-refractivity contribution in [3.8, 4) is 0 Å². The first kappa shape index (κ1) is 22.8. The largest absolute Gasteiger partial charge is 0.477 e. The lowest BCUT2D eigenvalue weighted by Crippen LogP contribution is -2.43. The highest BCUT2D eigenvalue weighted by Crippen LogP contribution is 2.32. The van der Waals surface area contributed by atoms with Crippen molar-refractivity contribution in [1.29, 1.82) is 0 Å². The minimum Gasteiger partial charge on any atom is -0.477 e. The predicted octanol–water partition coefficient (Wildman–Crippen LogP) is 4.55. The molecule has 1 aliphatic rings. The molecule has 164 valence electrons. The molecule has 31 heavy (non-hydrogen) atoms. The maximum Gasteiger partial charge on any atom is 0.345 e. The van der Waals surface area contributed by atoms with Crippen molar-refractivity contribution >= 4 is 29.3 Å². The van der Waals surface area contributed by atoms with Crippen LogP contribution in [0.4, 0.5) is 8.78 Å². The molecule has 1 aromatic carbocycles. The molecule has 2 N–H and O–H groups in total. The van der Waals surface area contributed by atoms with Crippen LogP contribution in [-0.2, 0) is 10.7 Å². The van der Waals surface area contributed by atoms with E-state index >= 15 is 0 Å². The van der Waals surface area contributed by atoms with Crippen molar-refractivity contribution in [2.75, 3.05) is 6.54 Å². The third-order valence-electron chi connectivity index (χ3n) is 5.08. The number of aliphatic hydroxyl groups excluding tert-OH is 1. The first-order valence-electron chi connectivity index (χ1n) is 9.88. The average molecular weight is 448 g/mol. The molecule has 0 saturated carbocycles. The second-order valence-corrected chi connectivity index (χ2v) is 8.35. The number of aliphatic hydroxyl groups is 1. The molecule has 0 unspecified atom stereocenters. The third-order valence-corrected chi connectivity index (χ3v) is 6.12. The highest BCUT2D eigenvalue weighted by molar-refractivity contribution is 7.14. The number of nitrogens with zero attached hydrogens (tertiary/aromatic N) is 1. The zero-order valence-electron chi connectivity index (χ0n) is 16.7. The minimum atomic E-state index is -3.44. The lowest BCUT2D eigenvalue weighted by Gasteiger charge is -2.33. The lowest BCUT2D eigenvalue weighted by atomic mass is 9.98. The van der Waals surface area contributed by atoms with Crippen LogP contribution in [0.3, 0.4) is 0 Å². The van der Waals surface area contributed by atoms with E-state index in [-0.39, 0.29) is 22.9 Å². The van der Waals surface area contributed by atoms with Crippen molar-refractivity contribution in [2.24, 2.45) is 0 Å². The van der Waals surface area contributed by atoms with Crippen LogP contribution >= 0.6 is 11.3 Å². The van der Waals surface area contributed by atoms with Gasteiger partial charge in [-0.2, -0.15) is 8.78 Å². The number of alkyl halides is 2. The molecule has 3 rings (SSSR count). The summed E-state index contributed by atoms with van der Waals surface area (Å²) in [6, 6.07) is 9.92. The van der Waals surface area contributed by atoms with Crippen LogP contribution in [0.1, 0.15) is 39.4 Å². The molecule has 2 heterocycles. The summed E-state index contributed by atoms with van der Waals surface area (Å²) >= 11 is 1.12. The summed E-state index contributed by atoms with van der Waals surface area (Å²) in [6.07, 6.45) is 5.64. The highest BCUT2D eigenvalue weighted by atomic mass is 32.1. The first-order chi connectivity index (χ1) is 14.8. The van der Waals surface area contributed by atoms with E-state index in [0.717, 1.165) is 22.3 Å². The molecule has 2 aromatic rings.